The Morgan fingerprint density at radius 1 is 0.857 bits per heavy atom. The summed E-state index contributed by atoms with van der Waals surface area (Å²) in [5, 5.41) is 7.80. The molecule has 142 valence electrons. The molecule has 0 fully saturated rings. The van der Waals surface area contributed by atoms with E-state index in [9.17, 15) is 0 Å². The molecule has 3 aromatic heterocycles. The topological polar surface area (TPSA) is 82.8 Å². The van der Waals surface area contributed by atoms with Crippen molar-refractivity contribution in [2.24, 2.45) is 0 Å². The van der Waals surface area contributed by atoms with Gasteiger partial charge >= 0.3 is 0 Å². The summed E-state index contributed by atoms with van der Waals surface area (Å²) in [7, 11) is 4.83. The molecule has 0 saturated heterocycles. The second-order valence-electron chi connectivity index (χ2n) is 5.90. The van der Waals surface area contributed by atoms with Gasteiger partial charge in [0.25, 0.3) is 0 Å². The molecular formula is C20H19N5O3. The third-order valence-corrected chi connectivity index (χ3v) is 4.32. The van der Waals surface area contributed by atoms with Crippen LogP contribution in [0.1, 0.15) is 0 Å². The number of ether oxygens (including phenoxy) is 3. The standard InChI is InChI=1S/C20H19N5O3/c1-26-14-5-6-15(17(10-14)27-2)16-12-23-25-18(8-9-21-20(16)25)24-13-4-7-19(28-3)22-11-13/h4-12,24H,1-3H3. The Morgan fingerprint density at radius 2 is 1.75 bits per heavy atom. The molecule has 0 aliphatic carbocycles. The van der Waals surface area contributed by atoms with E-state index < -0.39 is 0 Å². The summed E-state index contributed by atoms with van der Waals surface area (Å²) in [6.07, 6.45) is 5.20. The predicted octanol–water partition coefficient (Wildman–Crippen LogP) is 3.56. The Hall–Kier alpha value is -3.81. The Bertz CT molecular complexity index is 1110. The lowest BCUT2D eigenvalue weighted by atomic mass is 10.1. The van der Waals surface area contributed by atoms with Crippen molar-refractivity contribution >= 4 is 17.2 Å². The molecule has 0 unspecified atom stereocenters. The first-order chi connectivity index (χ1) is 13.7. The number of hydrogen-bond donors (Lipinski definition) is 1. The van der Waals surface area contributed by atoms with Gasteiger partial charge in [0.05, 0.1) is 45.0 Å². The Morgan fingerprint density at radius 3 is 2.46 bits per heavy atom. The summed E-state index contributed by atoms with van der Waals surface area (Å²) < 4.78 is 17.6. The highest BCUT2D eigenvalue weighted by Gasteiger charge is 2.15. The third kappa shape index (κ3) is 3.16. The first-order valence-corrected chi connectivity index (χ1v) is 8.55. The summed E-state index contributed by atoms with van der Waals surface area (Å²) in [6, 6.07) is 11.2. The number of hydrogen-bond acceptors (Lipinski definition) is 7. The molecule has 28 heavy (non-hydrogen) atoms. The summed E-state index contributed by atoms with van der Waals surface area (Å²) in [6.45, 7) is 0. The van der Waals surface area contributed by atoms with E-state index in [0.717, 1.165) is 28.4 Å². The smallest absolute Gasteiger partial charge is 0.213 e. The van der Waals surface area contributed by atoms with Crippen molar-refractivity contribution < 1.29 is 14.2 Å². The summed E-state index contributed by atoms with van der Waals surface area (Å²) in [5.41, 5.74) is 3.26. The predicted molar refractivity (Wildman–Crippen MR) is 106 cm³/mol. The quantitative estimate of drug-likeness (QED) is 0.550. The van der Waals surface area contributed by atoms with Gasteiger partial charge in [0.1, 0.15) is 17.3 Å². The second kappa shape index (κ2) is 7.43. The van der Waals surface area contributed by atoms with Crippen LogP contribution in [0.5, 0.6) is 17.4 Å². The number of methoxy groups -OCH3 is 3. The lowest BCUT2D eigenvalue weighted by Gasteiger charge is -2.10. The lowest BCUT2D eigenvalue weighted by molar-refractivity contribution is 0.395. The average Bonchev–Trinajstić information content (AvgIpc) is 3.18. The van der Waals surface area contributed by atoms with Crippen LogP contribution in [-0.2, 0) is 0 Å². The van der Waals surface area contributed by atoms with Crippen LogP contribution in [0, 0.1) is 0 Å². The van der Waals surface area contributed by atoms with Crippen LogP contribution in [0.3, 0.4) is 0 Å². The van der Waals surface area contributed by atoms with Gasteiger partial charge in [-0.25, -0.2) is 9.97 Å². The maximum absolute atomic E-state index is 5.53. The summed E-state index contributed by atoms with van der Waals surface area (Å²) >= 11 is 0. The van der Waals surface area contributed by atoms with Gasteiger partial charge in [-0.05, 0) is 24.3 Å². The van der Waals surface area contributed by atoms with Crippen molar-refractivity contribution in [3.8, 4) is 28.5 Å². The van der Waals surface area contributed by atoms with E-state index in [4.69, 9.17) is 14.2 Å². The van der Waals surface area contributed by atoms with Crippen LogP contribution < -0.4 is 19.5 Å². The van der Waals surface area contributed by atoms with E-state index in [-0.39, 0.29) is 0 Å². The van der Waals surface area contributed by atoms with Crippen molar-refractivity contribution in [1.29, 1.82) is 0 Å². The number of benzene rings is 1. The van der Waals surface area contributed by atoms with Crippen LogP contribution in [0.4, 0.5) is 11.5 Å². The lowest BCUT2D eigenvalue weighted by Crippen LogP contribution is -2.01. The van der Waals surface area contributed by atoms with Crippen molar-refractivity contribution in [3.05, 3.63) is 55.0 Å². The zero-order valence-electron chi connectivity index (χ0n) is 15.7. The molecular weight excluding hydrogens is 358 g/mol. The Balaban J connectivity index is 1.74. The van der Waals surface area contributed by atoms with E-state index in [1.807, 2.05) is 30.3 Å². The highest BCUT2D eigenvalue weighted by Crippen LogP contribution is 2.35. The molecule has 3 heterocycles. The summed E-state index contributed by atoms with van der Waals surface area (Å²) in [5.74, 6) is 2.72. The SMILES string of the molecule is COc1ccc(-c2cnn3c(Nc4ccc(OC)nc4)ccnc23)c(OC)c1. The molecule has 8 heteroatoms. The van der Waals surface area contributed by atoms with Crippen LogP contribution in [0.2, 0.25) is 0 Å². The number of rotatable bonds is 6. The molecule has 0 atom stereocenters. The second-order valence-corrected chi connectivity index (χ2v) is 5.90. The molecule has 0 aliphatic heterocycles. The summed E-state index contributed by atoms with van der Waals surface area (Å²) in [4.78, 5) is 8.71. The van der Waals surface area contributed by atoms with Gasteiger partial charge < -0.3 is 19.5 Å². The minimum atomic E-state index is 0.554. The van der Waals surface area contributed by atoms with Gasteiger partial charge in [-0.2, -0.15) is 9.61 Å². The van der Waals surface area contributed by atoms with Crippen LogP contribution in [0.15, 0.2) is 55.0 Å². The highest BCUT2D eigenvalue weighted by atomic mass is 16.5. The van der Waals surface area contributed by atoms with Gasteiger partial charge in [-0.3, -0.25) is 0 Å². The van der Waals surface area contributed by atoms with E-state index in [0.29, 0.717) is 17.3 Å². The average molecular weight is 377 g/mol. The molecule has 1 N–H and O–H groups in total. The number of aromatic nitrogens is 4. The van der Waals surface area contributed by atoms with Crippen LogP contribution >= 0.6 is 0 Å². The molecule has 0 saturated carbocycles. The molecule has 0 amide bonds. The minimum Gasteiger partial charge on any atom is -0.497 e. The zero-order valence-corrected chi connectivity index (χ0v) is 15.7. The zero-order chi connectivity index (χ0) is 19.5. The fourth-order valence-corrected chi connectivity index (χ4v) is 2.92. The maximum atomic E-state index is 5.53. The normalized spacial score (nSPS) is 10.7. The monoisotopic (exact) mass is 377 g/mol. The number of nitrogens with zero attached hydrogens (tertiary/aromatic N) is 4. The first kappa shape index (κ1) is 17.6. The van der Waals surface area contributed by atoms with Gasteiger partial charge in [0.15, 0.2) is 5.65 Å². The van der Waals surface area contributed by atoms with Gasteiger partial charge in [-0.15, -0.1) is 0 Å². The largest absolute Gasteiger partial charge is 0.497 e. The Kier molecular flexibility index (Phi) is 4.67. The van der Waals surface area contributed by atoms with E-state index in [1.54, 1.807) is 50.5 Å². The number of anilines is 2. The van der Waals surface area contributed by atoms with Crippen molar-refractivity contribution in [2.45, 2.75) is 0 Å². The van der Waals surface area contributed by atoms with Crippen LogP contribution in [-0.4, -0.2) is 40.9 Å². The van der Waals surface area contributed by atoms with Crippen molar-refractivity contribution in [2.75, 3.05) is 26.6 Å². The molecule has 0 bridgehead atoms. The molecule has 8 nitrogen and oxygen atoms in total. The molecule has 0 spiro atoms. The van der Waals surface area contributed by atoms with Gasteiger partial charge in [-0.1, -0.05) is 0 Å². The number of pyridine rings is 1. The van der Waals surface area contributed by atoms with Crippen LogP contribution in [0.25, 0.3) is 16.8 Å². The fraction of sp³-hybridized carbons (Fsp3) is 0.150. The van der Waals surface area contributed by atoms with Gasteiger partial charge in [0.2, 0.25) is 5.88 Å². The minimum absolute atomic E-state index is 0.554. The van der Waals surface area contributed by atoms with Crippen molar-refractivity contribution in [1.82, 2.24) is 19.6 Å². The van der Waals surface area contributed by atoms with Gasteiger partial charge in [0, 0.05) is 23.9 Å². The van der Waals surface area contributed by atoms with Crippen molar-refractivity contribution in [3.63, 3.8) is 0 Å². The molecule has 1 aromatic carbocycles. The van der Waals surface area contributed by atoms with E-state index >= 15 is 0 Å². The number of nitrogens with one attached hydrogen (secondary N) is 1. The Labute approximate surface area is 161 Å². The van der Waals surface area contributed by atoms with E-state index in [1.165, 1.54) is 0 Å². The maximum Gasteiger partial charge on any atom is 0.213 e. The number of fused-ring (bicyclic) bond motifs is 1. The molecule has 4 rings (SSSR count). The molecule has 4 aromatic rings. The van der Waals surface area contributed by atoms with E-state index in [2.05, 4.69) is 20.4 Å². The highest BCUT2D eigenvalue weighted by molar-refractivity contribution is 5.82. The molecule has 0 radical (unpaired) electrons. The fourth-order valence-electron chi connectivity index (χ4n) is 2.92. The third-order valence-electron chi connectivity index (χ3n) is 4.32. The molecule has 0 aliphatic rings. The first-order valence-electron chi connectivity index (χ1n) is 8.55.